The summed E-state index contributed by atoms with van der Waals surface area (Å²) >= 11 is 3.44. The Morgan fingerprint density at radius 1 is 1.09 bits per heavy atom. The van der Waals surface area contributed by atoms with Crippen molar-refractivity contribution in [2.24, 2.45) is 5.92 Å². The highest BCUT2D eigenvalue weighted by Gasteiger charge is 2.26. The Morgan fingerprint density at radius 3 is 2.52 bits per heavy atom. The van der Waals surface area contributed by atoms with Gasteiger partial charge in [-0.15, -0.1) is 0 Å². The molecule has 1 saturated carbocycles. The number of carbonyl (C=O) groups excluding carboxylic acids is 2. The number of halogens is 2. The van der Waals surface area contributed by atoms with Crippen LogP contribution in [-0.4, -0.2) is 29.1 Å². The standard InChI is InChI=1S/C26H28BrFN2O3/c1-2-33-24(31)15-17-5-9-20(10-6-17)29-26(32)22-11-12-23(28)21-13-14-30(25(21)22)16-18-3-7-19(27)8-4-18/h3-4,7-8,11-14,17,20H,2,5-6,9-10,15-16H2,1H3,(H,29,32). The van der Waals surface area contributed by atoms with Gasteiger partial charge >= 0.3 is 5.97 Å². The highest BCUT2D eigenvalue weighted by atomic mass is 79.9. The molecule has 174 valence electrons. The maximum atomic E-state index is 14.5. The smallest absolute Gasteiger partial charge is 0.306 e. The van der Waals surface area contributed by atoms with Crippen LogP contribution in [0.1, 0.15) is 54.9 Å². The van der Waals surface area contributed by atoms with Crippen LogP contribution in [0.2, 0.25) is 0 Å². The van der Waals surface area contributed by atoms with E-state index in [1.807, 2.05) is 42.0 Å². The highest BCUT2D eigenvalue weighted by molar-refractivity contribution is 9.10. The van der Waals surface area contributed by atoms with E-state index < -0.39 is 0 Å². The first-order chi connectivity index (χ1) is 15.9. The van der Waals surface area contributed by atoms with Crippen LogP contribution in [0.3, 0.4) is 0 Å². The van der Waals surface area contributed by atoms with Crippen LogP contribution >= 0.6 is 15.9 Å². The van der Waals surface area contributed by atoms with E-state index in [1.54, 1.807) is 12.1 Å². The number of nitrogens with zero attached hydrogens (tertiary/aromatic N) is 1. The summed E-state index contributed by atoms with van der Waals surface area (Å²) in [6.07, 6.45) is 5.66. The molecule has 0 saturated heterocycles. The molecular weight excluding hydrogens is 487 g/mol. The molecule has 1 aliphatic rings. The number of benzene rings is 2. The molecule has 1 heterocycles. The first kappa shape index (κ1) is 23.5. The first-order valence-corrected chi connectivity index (χ1v) is 12.2. The van der Waals surface area contributed by atoms with Crippen LogP contribution in [0.15, 0.2) is 53.1 Å². The number of fused-ring (bicyclic) bond motifs is 1. The predicted octanol–water partition coefficient (Wildman–Crippen LogP) is 5.83. The number of aromatic nitrogens is 1. The van der Waals surface area contributed by atoms with Gasteiger partial charge in [-0.2, -0.15) is 0 Å². The minimum absolute atomic E-state index is 0.0472. The summed E-state index contributed by atoms with van der Waals surface area (Å²) in [6.45, 7) is 2.76. The van der Waals surface area contributed by atoms with E-state index in [2.05, 4.69) is 21.2 Å². The Bertz CT molecular complexity index is 1130. The molecule has 7 heteroatoms. The van der Waals surface area contributed by atoms with E-state index in [0.29, 0.717) is 42.0 Å². The van der Waals surface area contributed by atoms with Crippen LogP contribution in [0.4, 0.5) is 4.39 Å². The molecule has 0 atom stereocenters. The van der Waals surface area contributed by atoms with Crippen molar-refractivity contribution in [1.82, 2.24) is 9.88 Å². The quantitative estimate of drug-likeness (QED) is 0.403. The Balaban J connectivity index is 1.47. The van der Waals surface area contributed by atoms with E-state index in [1.165, 1.54) is 6.07 Å². The lowest BCUT2D eigenvalue weighted by Gasteiger charge is -2.28. The van der Waals surface area contributed by atoms with Gasteiger partial charge in [0.25, 0.3) is 5.91 Å². The van der Waals surface area contributed by atoms with Crippen molar-refractivity contribution in [1.29, 1.82) is 0 Å². The van der Waals surface area contributed by atoms with Gasteiger partial charge < -0.3 is 14.6 Å². The molecule has 1 amide bonds. The van der Waals surface area contributed by atoms with Gasteiger partial charge in [-0.05, 0) is 74.4 Å². The molecule has 5 nitrogen and oxygen atoms in total. The van der Waals surface area contributed by atoms with E-state index in [9.17, 15) is 14.0 Å². The molecule has 0 aliphatic heterocycles. The number of carbonyl (C=O) groups is 2. The fourth-order valence-corrected chi connectivity index (χ4v) is 4.89. The maximum Gasteiger partial charge on any atom is 0.306 e. The molecule has 0 unspecified atom stereocenters. The number of rotatable bonds is 7. The normalized spacial score (nSPS) is 18.3. The van der Waals surface area contributed by atoms with Gasteiger partial charge in [-0.1, -0.05) is 28.1 Å². The van der Waals surface area contributed by atoms with Crippen molar-refractivity contribution >= 4 is 38.7 Å². The van der Waals surface area contributed by atoms with E-state index in [-0.39, 0.29) is 23.7 Å². The molecule has 1 aromatic heterocycles. The third-order valence-corrected chi connectivity index (χ3v) is 6.85. The molecule has 2 aromatic carbocycles. The van der Waals surface area contributed by atoms with Crippen LogP contribution in [0, 0.1) is 11.7 Å². The largest absolute Gasteiger partial charge is 0.466 e. The van der Waals surface area contributed by atoms with Crippen molar-refractivity contribution in [3.05, 3.63) is 70.1 Å². The molecule has 33 heavy (non-hydrogen) atoms. The maximum absolute atomic E-state index is 14.5. The third kappa shape index (κ3) is 5.64. The first-order valence-electron chi connectivity index (χ1n) is 11.4. The molecule has 0 radical (unpaired) electrons. The minimum atomic E-state index is -0.337. The molecule has 0 spiro atoms. The Morgan fingerprint density at radius 2 is 1.82 bits per heavy atom. The van der Waals surface area contributed by atoms with Crippen molar-refractivity contribution in [3.63, 3.8) is 0 Å². The van der Waals surface area contributed by atoms with Gasteiger partial charge in [0.2, 0.25) is 0 Å². The lowest BCUT2D eigenvalue weighted by Crippen LogP contribution is -2.38. The molecule has 1 fully saturated rings. The van der Waals surface area contributed by atoms with Crippen molar-refractivity contribution in [2.75, 3.05) is 6.61 Å². The number of hydrogen-bond donors (Lipinski definition) is 1. The summed E-state index contributed by atoms with van der Waals surface area (Å²) in [5.74, 6) is -0.372. The summed E-state index contributed by atoms with van der Waals surface area (Å²) in [5, 5.41) is 3.58. The fraction of sp³-hybridized carbons (Fsp3) is 0.385. The number of nitrogens with one attached hydrogen (secondary N) is 1. The summed E-state index contributed by atoms with van der Waals surface area (Å²) in [6, 6.07) is 12.6. The second-order valence-corrected chi connectivity index (χ2v) is 9.54. The van der Waals surface area contributed by atoms with Gasteiger partial charge in [-0.25, -0.2) is 4.39 Å². The van der Waals surface area contributed by atoms with Gasteiger partial charge in [0.1, 0.15) is 5.82 Å². The fourth-order valence-electron chi connectivity index (χ4n) is 4.62. The Kier molecular flexibility index (Phi) is 7.48. The summed E-state index contributed by atoms with van der Waals surface area (Å²) in [5.41, 5.74) is 2.14. The Labute approximate surface area is 201 Å². The monoisotopic (exact) mass is 514 g/mol. The van der Waals surface area contributed by atoms with Gasteiger partial charge in [0, 0.05) is 35.1 Å². The molecular formula is C26H28BrFN2O3. The second kappa shape index (κ2) is 10.5. The van der Waals surface area contributed by atoms with Gasteiger partial charge in [0.15, 0.2) is 0 Å². The second-order valence-electron chi connectivity index (χ2n) is 8.63. The van der Waals surface area contributed by atoms with E-state index >= 15 is 0 Å². The van der Waals surface area contributed by atoms with Crippen LogP contribution < -0.4 is 5.32 Å². The van der Waals surface area contributed by atoms with Gasteiger partial charge in [0.05, 0.1) is 17.7 Å². The summed E-state index contributed by atoms with van der Waals surface area (Å²) in [4.78, 5) is 24.9. The lowest BCUT2D eigenvalue weighted by molar-refractivity contribution is -0.144. The minimum Gasteiger partial charge on any atom is -0.466 e. The number of amides is 1. The number of esters is 1. The molecule has 1 N–H and O–H groups in total. The Hall–Kier alpha value is -2.67. The number of ether oxygens (including phenoxy) is 1. The molecule has 4 rings (SSSR count). The van der Waals surface area contributed by atoms with Gasteiger partial charge in [-0.3, -0.25) is 9.59 Å². The average Bonchev–Trinajstić information content (AvgIpc) is 3.21. The third-order valence-electron chi connectivity index (χ3n) is 6.33. The summed E-state index contributed by atoms with van der Waals surface area (Å²) in [7, 11) is 0. The van der Waals surface area contributed by atoms with Crippen LogP contribution in [0.25, 0.3) is 10.9 Å². The summed E-state index contributed by atoms with van der Waals surface area (Å²) < 4.78 is 22.5. The topological polar surface area (TPSA) is 60.3 Å². The van der Waals surface area contributed by atoms with Crippen LogP contribution in [-0.2, 0) is 16.1 Å². The number of hydrogen-bond acceptors (Lipinski definition) is 3. The zero-order chi connectivity index (χ0) is 23.4. The average molecular weight is 515 g/mol. The predicted molar refractivity (Wildman–Crippen MR) is 130 cm³/mol. The lowest BCUT2D eigenvalue weighted by atomic mass is 9.84. The van der Waals surface area contributed by atoms with Crippen molar-refractivity contribution in [3.8, 4) is 0 Å². The molecule has 0 bridgehead atoms. The van der Waals surface area contributed by atoms with E-state index in [4.69, 9.17) is 4.74 Å². The van der Waals surface area contributed by atoms with E-state index in [0.717, 1.165) is 35.7 Å². The molecule has 3 aromatic rings. The zero-order valence-corrected chi connectivity index (χ0v) is 20.2. The molecule has 1 aliphatic carbocycles. The van der Waals surface area contributed by atoms with Crippen molar-refractivity contribution in [2.45, 2.75) is 51.6 Å². The van der Waals surface area contributed by atoms with Crippen LogP contribution in [0.5, 0.6) is 0 Å². The highest BCUT2D eigenvalue weighted by Crippen LogP contribution is 2.29. The SMILES string of the molecule is CCOC(=O)CC1CCC(NC(=O)c2ccc(F)c3ccn(Cc4ccc(Br)cc4)c23)CC1. The zero-order valence-electron chi connectivity index (χ0n) is 18.7. The van der Waals surface area contributed by atoms with Crippen molar-refractivity contribution < 1.29 is 18.7 Å².